The molecule has 0 unspecified atom stereocenters. The number of hydrogen-bond acceptors (Lipinski definition) is 4. The lowest BCUT2D eigenvalue weighted by molar-refractivity contribution is 0.0916. The minimum atomic E-state index is -0.555. The highest BCUT2D eigenvalue weighted by molar-refractivity contribution is 5.95. The first-order chi connectivity index (χ1) is 12.2. The summed E-state index contributed by atoms with van der Waals surface area (Å²) in [6.07, 6.45) is 5.32. The largest absolute Gasteiger partial charge is 0.485 e. The molecule has 25 heavy (non-hydrogen) atoms. The van der Waals surface area contributed by atoms with E-state index in [1.54, 1.807) is 12.1 Å². The number of ketones is 1. The molecule has 0 bridgehead atoms. The zero-order valence-electron chi connectivity index (χ0n) is 13.4. The van der Waals surface area contributed by atoms with Crippen molar-refractivity contribution < 1.29 is 9.53 Å². The Morgan fingerprint density at radius 3 is 2.32 bits per heavy atom. The number of aromatic nitrogens is 2. The number of hydrogen-bond donors (Lipinski definition) is 1. The number of H-pyrrole nitrogens is 1. The lowest BCUT2D eigenvalue weighted by atomic mass is 10.1. The van der Waals surface area contributed by atoms with Gasteiger partial charge in [0.15, 0.2) is 6.61 Å². The van der Waals surface area contributed by atoms with Crippen molar-refractivity contribution in [3.63, 3.8) is 0 Å². The van der Waals surface area contributed by atoms with Crippen LogP contribution in [0.15, 0.2) is 71.7 Å². The number of carbonyl (C=O) groups excluding carboxylic acids is 1. The second-order valence-electron chi connectivity index (χ2n) is 5.31. The molecule has 0 amide bonds. The number of aromatic amines is 1. The van der Waals surface area contributed by atoms with Crippen LogP contribution in [0.25, 0.3) is 12.2 Å². The molecule has 1 N–H and O–H groups in total. The number of rotatable bonds is 6. The fourth-order valence-electron chi connectivity index (χ4n) is 2.19. The van der Waals surface area contributed by atoms with E-state index in [4.69, 9.17) is 4.74 Å². The normalized spacial score (nSPS) is 10.7. The molecule has 1 aromatic heterocycles. The van der Waals surface area contributed by atoms with Crippen molar-refractivity contribution in [3.8, 4) is 5.75 Å². The molecule has 5 nitrogen and oxygen atoms in total. The summed E-state index contributed by atoms with van der Waals surface area (Å²) in [7, 11) is 0. The van der Waals surface area contributed by atoms with Crippen LogP contribution in [0.4, 0.5) is 0 Å². The van der Waals surface area contributed by atoms with Crippen LogP contribution in [-0.2, 0) is 0 Å². The first-order valence-corrected chi connectivity index (χ1v) is 7.75. The molecular weight excluding hydrogens is 316 g/mol. The SMILES string of the molecule is O=C(COc1ccc(/C=C/c2ccccc2)cc1)c1ccnc(=O)[nH]1. The van der Waals surface area contributed by atoms with E-state index in [2.05, 4.69) is 9.97 Å². The van der Waals surface area contributed by atoms with Crippen molar-refractivity contribution in [3.05, 3.63) is 94.2 Å². The van der Waals surface area contributed by atoms with Gasteiger partial charge in [0.25, 0.3) is 0 Å². The molecule has 0 aliphatic heterocycles. The van der Waals surface area contributed by atoms with Crippen molar-refractivity contribution in [2.75, 3.05) is 6.61 Å². The minimum absolute atomic E-state index is 0.154. The lowest BCUT2D eigenvalue weighted by Crippen LogP contribution is -2.19. The van der Waals surface area contributed by atoms with E-state index in [9.17, 15) is 9.59 Å². The maximum atomic E-state index is 12.0. The number of nitrogens with zero attached hydrogens (tertiary/aromatic N) is 1. The zero-order chi connectivity index (χ0) is 17.5. The molecule has 3 rings (SSSR count). The van der Waals surface area contributed by atoms with Crippen molar-refractivity contribution in [2.24, 2.45) is 0 Å². The molecule has 0 spiro atoms. The van der Waals surface area contributed by atoms with Crippen LogP contribution in [0.1, 0.15) is 21.6 Å². The maximum Gasteiger partial charge on any atom is 0.345 e. The van der Waals surface area contributed by atoms with Crippen LogP contribution >= 0.6 is 0 Å². The number of Topliss-reactive ketones (excluding diaryl/α,β-unsaturated/α-hetero) is 1. The predicted octanol–water partition coefficient (Wildman–Crippen LogP) is 3.20. The molecule has 0 aliphatic rings. The van der Waals surface area contributed by atoms with Crippen molar-refractivity contribution >= 4 is 17.9 Å². The third-order valence-corrected chi connectivity index (χ3v) is 3.49. The molecule has 1 heterocycles. The fourth-order valence-corrected chi connectivity index (χ4v) is 2.19. The van der Waals surface area contributed by atoms with Gasteiger partial charge in [-0.25, -0.2) is 9.78 Å². The second-order valence-corrected chi connectivity index (χ2v) is 5.31. The van der Waals surface area contributed by atoms with Crippen molar-refractivity contribution in [1.29, 1.82) is 0 Å². The lowest BCUT2D eigenvalue weighted by Gasteiger charge is -2.05. The maximum absolute atomic E-state index is 12.0. The Morgan fingerprint density at radius 1 is 0.960 bits per heavy atom. The first-order valence-electron chi connectivity index (χ1n) is 7.75. The van der Waals surface area contributed by atoms with Gasteiger partial charge in [0, 0.05) is 6.20 Å². The van der Waals surface area contributed by atoms with Gasteiger partial charge in [-0.15, -0.1) is 0 Å². The van der Waals surface area contributed by atoms with Gasteiger partial charge < -0.3 is 9.72 Å². The van der Waals surface area contributed by atoms with Crippen LogP contribution in [0, 0.1) is 0 Å². The Balaban J connectivity index is 1.58. The minimum Gasteiger partial charge on any atom is -0.485 e. The third kappa shape index (κ3) is 4.75. The second kappa shape index (κ2) is 7.88. The number of ether oxygens (including phenoxy) is 1. The van der Waals surface area contributed by atoms with E-state index in [1.807, 2.05) is 54.6 Å². The molecule has 3 aromatic rings. The highest BCUT2D eigenvalue weighted by atomic mass is 16.5. The number of carbonyl (C=O) groups is 1. The molecule has 0 saturated heterocycles. The van der Waals surface area contributed by atoms with Crippen LogP contribution in [0.3, 0.4) is 0 Å². The van der Waals surface area contributed by atoms with E-state index >= 15 is 0 Å². The Kier molecular flexibility index (Phi) is 5.16. The van der Waals surface area contributed by atoms with E-state index in [1.165, 1.54) is 12.3 Å². The average Bonchev–Trinajstić information content (AvgIpc) is 2.66. The summed E-state index contributed by atoms with van der Waals surface area (Å²) in [4.78, 5) is 28.9. The molecule has 0 fully saturated rings. The first kappa shape index (κ1) is 16.4. The van der Waals surface area contributed by atoms with Gasteiger partial charge in [-0.3, -0.25) is 4.79 Å². The summed E-state index contributed by atoms with van der Waals surface area (Å²) < 4.78 is 5.46. The Labute approximate surface area is 144 Å². The van der Waals surface area contributed by atoms with Crippen molar-refractivity contribution in [2.45, 2.75) is 0 Å². The smallest absolute Gasteiger partial charge is 0.345 e. The molecule has 2 aromatic carbocycles. The van der Waals surface area contributed by atoms with Gasteiger partial charge in [0.1, 0.15) is 5.75 Å². The quantitative estimate of drug-likeness (QED) is 0.556. The van der Waals surface area contributed by atoms with Gasteiger partial charge in [-0.2, -0.15) is 0 Å². The Morgan fingerprint density at radius 2 is 1.64 bits per heavy atom. The molecular formula is C20H16N2O3. The van der Waals surface area contributed by atoms with Gasteiger partial charge in [-0.1, -0.05) is 54.6 Å². The summed E-state index contributed by atoms with van der Waals surface area (Å²) in [5, 5.41) is 0. The van der Waals surface area contributed by atoms with Crippen LogP contribution < -0.4 is 10.4 Å². The monoisotopic (exact) mass is 332 g/mol. The van der Waals surface area contributed by atoms with Crippen LogP contribution in [0.5, 0.6) is 5.75 Å². The molecule has 0 radical (unpaired) electrons. The zero-order valence-corrected chi connectivity index (χ0v) is 13.4. The van der Waals surface area contributed by atoms with E-state index < -0.39 is 5.69 Å². The molecule has 5 heteroatoms. The predicted molar refractivity (Wildman–Crippen MR) is 96.5 cm³/mol. The van der Waals surface area contributed by atoms with E-state index in [0.29, 0.717) is 5.75 Å². The molecule has 124 valence electrons. The topological polar surface area (TPSA) is 72.0 Å². The van der Waals surface area contributed by atoms with Crippen LogP contribution in [0.2, 0.25) is 0 Å². The van der Waals surface area contributed by atoms with E-state index in [0.717, 1.165) is 11.1 Å². The summed E-state index contributed by atoms with van der Waals surface area (Å²) in [6, 6.07) is 18.9. The van der Waals surface area contributed by atoms with E-state index in [-0.39, 0.29) is 18.1 Å². The summed E-state index contributed by atoms with van der Waals surface area (Å²) >= 11 is 0. The van der Waals surface area contributed by atoms with Crippen molar-refractivity contribution in [1.82, 2.24) is 9.97 Å². The fraction of sp³-hybridized carbons (Fsp3) is 0.0500. The highest BCUT2D eigenvalue weighted by Crippen LogP contribution is 2.15. The summed E-state index contributed by atoms with van der Waals surface area (Å²) in [5.74, 6) is 0.272. The number of benzene rings is 2. The Hall–Kier alpha value is -3.47. The summed E-state index contributed by atoms with van der Waals surface area (Å²) in [5.41, 5.74) is 1.78. The highest BCUT2D eigenvalue weighted by Gasteiger charge is 2.07. The molecule has 0 saturated carbocycles. The Bertz CT molecular complexity index is 929. The van der Waals surface area contributed by atoms with Gasteiger partial charge in [0.2, 0.25) is 5.78 Å². The average molecular weight is 332 g/mol. The number of nitrogens with one attached hydrogen (secondary N) is 1. The molecule has 0 atom stereocenters. The van der Waals surface area contributed by atoms with Gasteiger partial charge in [-0.05, 0) is 29.3 Å². The standard InChI is InChI=1S/C20H16N2O3/c23-19(18-12-13-21-20(24)22-18)14-25-17-10-8-16(9-11-17)7-6-15-4-2-1-3-5-15/h1-13H,14H2,(H,21,22,24)/b7-6+. The molecule has 0 aliphatic carbocycles. The third-order valence-electron chi connectivity index (χ3n) is 3.49. The summed E-state index contributed by atoms with van der Waals surface area (Å²) in [6.45, 7) is -0.154. The van der Waals surface area contributed by atoms with Gasteiger partial charge in [0.05, 0.1) is 5.69 Å². The van der Waals surface area contributed by atoms with Crippen LogP contribution in [-0.4, -0.2) is 22.4 Å². The van der Waals surface area contributed by atoms with Gasteiger partial charge >= 0.3 is 5.69 Å².